The maximum absolute atomic E-state index is 12.1. The third-order valence-electron chi connectivity index (χ3n) is 3.99. The van der Waals surface area contributed by atoms with Gasteiger partial charge in [0.25, 0.3) is 5.91 Å². The van der Waals surface area contributed by atoms with Crippen LogP contribution >= 0.6 is 11.3 Å². The summed E-state index contributed by atoms with van der Waals surface area (Å²) < 4.78 is 0. The van der Waals surface area contributed by atoms with Crippen LogP contribution in [0.5, 0.6) is 0 Å². The van der Waals surface area contributed by atoms with Crippen molar-refractivity contribution in [1.82, 2.24) is 5.32 Å². The molecule has 3 nitrogen and oxygen atoms in total. The van der Waals surface area contributed by atoms with Crippen molar-refractivity contribution in [3.05, 3.63) is 21.9 Å². The summed E-state index contributed by atoms with van der Waals surface area (Å²) >= 11 is 1.49. The predicted octanol–water partition coefficient (Wildman–Crippen LogP) is 2.61. The fourth-order valence-corrected chi connectivity index (χ4v) is 3.44. The highest BCUT2D eigenvalue weighted by atomic mass is 32.1. The number of rotatable bonds is 3. The number of nitrogens with one attached hydrogen (secondary N) is 1. The van der Waals surface area contributed by atoms with Gasteiger partial charge in [-0.3, -0.25) is 4.79 Å². The molecular formula is C16H22N2OS. The van der Waals surface area contributed by atoms with Crippen molar-refractivity contribution in [3.8, 4) is 11.8 Å². The predicted molar refractivity (Wildman–Crippen MR) is 83.7 cm³/mol. The summed E-state index contributed by atoms with van der Waals surface area (Å²) in [5.41, 5.74) is 6.05. The van der Waals surface area contributed by atoms with Crippen LogP contribution in [0.2, 0.25) is 0 Å². The van der Waals surface area contributed by atoms with Gasteiger partial charge in [-0.1, -0.05) is 38.0 Å². The van der Waals surface area contributed by atoms with E-state index in [9.17, 15) is 4.79 Å². The van der Waals surface area contributed by atoms with Crippen LogP contribution < -0.4 is 11.1 Å². The molecule has 1 fully saturated rings. The fraction of sp³-hybridized carbons (Fsp3) is 0.562. The lowest BCUT2D eigenvalue weighted by molar-refractivity contribution is 0.0937. The number of amides is 1. The van der Waals surface area contributed by atoms with E-state index in [4.69, 9.17) is 5.73 Å². The molecule has 1 aliphatic carbocycles. The third kappa shape index (κ3) is 4.09. The zero-order valence-corrected chi connectivity index (χ0v) is 12.8. The van der Waals surface area contributed by atoms with E-state index < -0.39 is 0 Å². The second kappa shape index (κ2) is 7.47. The SMILES string of the molecule is CC1CCCCC1CNC(=O)c1csc(C#CCN)c1. The average molecular weight is 290 g/mol. The Morgan fingerprint density at radius 1 is 1.50 bits per heavy atom. The first-order valence-electron chi connectivity index (χ1n) is 7.26. The molecule has 0 radical (unpaired) electrons. The Kier molecular flexibility index (Phi) is 5.63. The van der Waals surface area contributed by atoms with Crippen LogP contribution in [0.1, 0.15) is 47.8 Å². The van der Waals surface area contributed by atoms with E-state index in [-0.39, 0.29) is 5.91 Å². The monoisotopic (exact) mass is 290 g/mol. The van der Waals surface area contributed by atoms with Gasteiger partial charge in [-0.15, -0.1) is 11.3 Å². The number of nitrogens with two attached hydrogens (primary N) is 1. The number of hydrogen-bond donors (Lipinski definition) is 2. The first-order valence-corrected chi connectivity index (χ1v) is 8.14. The van der Waals surface area contributed by atoms with E-state index >= 15 is 0 Å². The van der Waals surface area contributed by atoms with Crippen LogP contribution in [0.25, 0.3) is 0 Å². The Balaban J connectivity index is 1.86. The lowest BCUT2D eigenvalue weighted by Gasteiger charge is -2.28. The van der Waals surface area contributed by atoms with E-state index in [1.54, 1.807) is 0 Å². The molecule has 0 spiro atoms. The van der Waals surface area contributed by atoms with Gasteiger partial charge in [0, 0.05) is 11.9 Å². The van der Waals surface area contributed by atoms with Gasteiger partial charge in [-0.2, -0.15) is 0 Å². The summed E-state index contributed by atoms with van der Waals surface area (Å²) in [4.78, 5) is 13.0. The van der Waals surface area contributed by atoms with E-state index in [0.717, 1.165) is 17.3 Å². The van der Waals surface area contributed by atoms with Crippen LogP contribution in [0, 0.1) is 23.7 Å². The average Bonchev–Trinajstić information content (AvgIpc) is 2.93. The molecule has 1 amide bonds. The first kappa shape index (κ1) is 15.1. The van der Waals surface area contributed by atoms with Crippen LogP contribution in [0.15, 0.2) is 11.4 Å². The van der Waals surface area contributed by atoms with Gasteiger partial charge >= 0.3 is 0 Å². The van der Waals surface area contributed by atoms with E-state index in [1.807, 2.05) is 11.4 Å². The van der Waals surface area contributed by atoms with Crippen molar-refractivity contribution in [2.24, 2.45) is 17.6 Å². The summed E-state index contributed by atoms with van der Waals surface area (Å²) in [6.45, 7) is 3.43. The van der Waals surface area contributed by atoms with Crippen LogP contribution in [-0.2, 0) is 0 Å². The Labute approximate surface area is 124 Å². The molecule has 2 unspecified atom stereocenters. The Hall–Kier alpha value is -1.31. The molecule has 4 heteroatoms. The molecule has 1 heterocycles. The topological polar surface area (TPSA) is 55.1 Å². The maximum Gasteiger partial charge on any atom is 0.252 e. The summed E-state index contributed by atoms with van der Waals surface area (Å²) in [6, 6.07) is 1.84. The molecule has 0 bridgehead atoms. The first-order chi connectivity index (χ1) is 9.70. The molecule has 0 aromatic carbocycles. The molecule has 1 aromatic rings. The highest BCUT2D eigenvalue weighted by Gasteiger charge is 2.21. The van der Waals surface area contributed by atoms with Gasteiger partial charge in [0.05, 0.1) is 17.0 Å². The molecule has 20 heavy (non-hydrogen) atoms. The van der Waals surface area contributed by atoms with Gasteiger partial charge in [-0.25, -0.2) is 0 Å². The minimum absolute atomic E-state index is 0.0137. The van der Waals surface area contributed by atoms with Crippen LogP contribution in [0.4, 0.5) is 0 Å². The third-order valence-corrected chi connectivity index (χ3v) is 4.83. The quantitative estimate of drug-likeness (QED) is 0.841. The molecular weight excluding hydrogens is 268 g/mol. The lowest BCUT2D eigenvalue weighted by Crippen LogP contribution is -2.33. The second-order valence-corrected chi connectivity index (χ2v) is 6.35. The lowest BCUT2D eigenvalue weighted by atomic mass is 9.80. The fourth-order valence-electron chi connectivity index (χ4n) is 2.68. The van der Waals surface area contributed by atoms with Gasteiger partial charge in [-0.05, 0) is 24.3 Å². The number of carbonyl (C=O) groups is 1. The molecule has 1 aliphatic rings. The van der Waals surface area contributed by atoms with Gasteiger partial charge in [0.1, 0.15) is 0 Å². The summed E-state index contributed by atoms with van der Waals surface area (Å²) in [5, 5.41) is 4.92. The molecule has 108 valence electrons. The van der Waals surface area contributed by atoms with Crippen LogP contribution in [-0.4, -0.2) is 19.0 Å². The Morgan fingerprint density at radius 3 is 3.05 bits per heavy atom. The van der Waals surface area contributed by atoms with E-state index in [2.05, 4.69) is 24.1 Å². The van der Waals surface area contributed by atoms with Crippen molar-refractivity contribution in [2.45, 2.75) is 32.6 Å². The number of hydrogen-bond acceptors (Lipinski definition) is 3. The van der Waals surface area contributed by atoms with Crippen molar-refractivity contribution in [3.63, 3.8) is 0 Å². The summed E-state index contributed by atoms with van der Waals surface area (Å²) in [5.74, 6) is 7.12. The Bertz CT molecular complexity index is 512. The standard InChI is InChI=1S/C16H22N2OS/c1-12-5-2-3-6-13(12)10-18-16(19)14-9-15(20-11-14)7-4-8-17/h9,11-13H,2-3,5-6,8,10,17H2,1H3,(H,18,19). The summed E-state index contributed by atoms with van der Waals surface area (Å²) in [6.07, 6.45) is 5.15. The summed E-state index contributed by atoms with van der Waals surface area (Å²) in [7, 11) is 0. The van der Waals surface area contributed by atoms with Crippen molar-refractivity contribution in [1.29, 1.82) is 0 Å². The highest BCUT2D eigenvalue weighted by molar-refractivity contribution is 7.10. The molecule has 1 aromatic heterocycles. The molecule has 2 atom stereocenters. The van der Waals surface area contributed by atoms with Crippen molar-refractivity contribution >= 4 is 17.2 Å². The van der Waals surface area contributed by atoms with Crippen molar-refractivity contribution < 1.29 is 4.79 Å². The van der Waals surface area contributed by atoms with Crippen LogP contribution in [0.3, 0.4) is 0 Å². The maximum atomic E-state index is 12.1. The van der Waals surface area contributed by atoms with Gasteiger partial charge in [0.15, 0.2) is 0 Å². The zero-order chi connectivity index (χ0) is 14.4. The minimum atomic E-state index is 0.0137. The number of thiophene rings is 1. The van der Waals surface area contributed by atoms with Crippen molar-refractivity contribution in [2.75, 3.05) is 13.1 Å². The minimum Gasteiger partial charge on any atom is -0.352 e. The molecule has 0 saturated heterocycles. The normalized spacial score (nSPS) is 21.9. The molecule has 2 rings (SSSR count). The van der Waals surface area contributed by atoms with E-state index in [1.165, 1.54) is 37.0 Å². The zero-order valence-electron chi connectivity index (χ0n) is 11.9. The number of carbonyl (C=O) groups excluding carboxylic acids is 1. The largest absolute Gasteiger partial charge is 0.352 e. The molecule has 0 aliphatic heterocycles. The molecule has 1 saturated carbocycles. The van der Waals surface area contributed by atoms with E-state index in [0.29, 0.717) is 18.0 Å². The Morgan fingerprint density at radius 2 is 2.30 bits per heavy atom. The highest BCUT2D eigenvalue weighted by Crippen LogP contribution is 2.28. The van der Waals surface area contributed by atoms with Gasteiger partial charge < -0.3 is 11.1 Å². The second-order valence-electron chi connectivity index (χ2n) is 5.44. The molecule has 3 N–H and O–H groups in total. The smallest absolute Gasteiger partial charge is 0.252 e. The van der Waals surface area contributed by atoms with Gasteiger partial charge in [0.2, 0.25) is 0 Å².